The molecule has 5 N–H and O–H groups in total. The first-order valence-electron chi connectivity index (χ1n) is 22.0. The number of rotatable bonds is 27. The van der Waals surface area contributed by atoms with Crippen LogP contribution in [0.15, 0.2) is 91.2 Å². The highest BCUT2D eigenvalue weighted by molar-refractivity contribution is 7.17. The Morgan fingerprint density at radius 1 is 0.841 bits per heavy atom. The van der Waals surface area contributed by atoms with Crippen molar-refractivity contribution in [2.24, 2.45) is 0 Å². The van der Waals surface area contributed by atoms with Gasteiger partial charge in [0.2, 0.25) is 5.91 Å². The summed E-state index contributed by atoms with van der Waals surface area (Å²) in [7, 11) is 0. The lowest BCUT2D eigenvalue weighted by Gasteiger charge is -2.35. The predicted molar refractivity (Wildman–Crippen MR) is 259 cm³/mol. The van der Waals surface area contributed by atoms with Gasteiger partial charge >= 0.3 is 6.09 Å². The third-order valence-corrected chi connectivity index (χ3v) is 10.9. The molecule has 3 amide bonds. The number of nitrogens with one attached hydrogen (secondary N) is 5. The maximum atomic E-state index is 12.9. The van der Waals surface area contributed by atoms with Crippen LogP contribution in [0.3, 0.4) is 0 Å². The number of piperazine rings is 1. The molecule has 1 aliphatic rings. The van der Waals surface area contributed by atoms with Crippen LogP contribution in [0.4, 0.5) is 27.2 Å². The highest BCUT2D eigenvalue weighted by atomic mass is 35.5. The molecule has 0 saturated carbocycles. The number of aromatic nitrogens is 3. The largest absolute Gasteiger partial charge is 0.448 e. The average molecular weight is 902 g/mol. The Kier molecular flexibility index (Phi) is 23.8. The molecule has 1 aliphatic heterocycles. The second-order valence-corrected chi connectivity index (χ2v) is 16.2. The number of carbonyl (C=O) groups excluding carboxylic acids is 3. The molecule has 63 heavy (non-hydrogen) atoms. The lowest BCUT2D eigenvalue weighted by Crippen LogP contribution is -2.48. The number of benzene rings is 1. The Balaban J connectivity index is 0.977. The Bertz CT molecular complexity index is 1990. The van der Waals surface area contributed by atoms with E-state index in [4.69, 9.17) is 16.3 Å². The fraction of sp³-hybridized carbons (Fsp3) is 0.447. The molecule has 1 aromatic carbocycles. The highest BCUT2D eigenvalue weighted by Gasteiger charge is 2.20. The van der Waals surface area contributed by atoms with Crippen molar-refractivity contribution in [3.8, 4) is 0 Å². The van der Waals surface area contributed by atoms with Crippen molar-refractivity contribution < 1.29 is 19.1 Å². The van der Waals surface area contributed by atoms with E-state index in [9.17, 15) is 14.4 Å². The molecule has 3 aromatic rings. The normalized spacial score (nSPS) is 13.6. The van der Waals surface area contributed by atoms with Gasteiger partial charge in [-0.1, -0.05) is 103 Å². The zero-order valence-corrected chi connectivity index (χ0v) is 38.6. The minimum Gasteiger partial charge on any atom is -0.448 e. The Morgan fingerprint density at radius 2 is 1.51 bits per heavy atom. The molecule has 340 valence electrons. The van der Waals surface area contributed by atoms with Crippen LogP contribution in [0.5, 0.6) is 0 Å². The first kappa shape index (κ1) is 50.3. The molecule has 0 bridgehead atoms. The van der Waals surface area contributed by atoms with Gasteiger partial charge in [0.15, 0.2) is 5.13 Å². The monoisotopic (exact) mass is 900 g/mol. The van der Waals surface area contributed by atoms with Gasteiger partial charge < -0.3 is 36.2 Å². The number of hydrogen-bond acceptors (Lipinski definition) is 12. The predicted octanol–water partition coefficient (Wildman–Crippen LogP) is 8.67. The smallest absolute Gasteiger partial charge is 0.407 e. The third-order valence-electron chi connectivity index (χ3n) is 9.71. The Labute approximate surface area is 382 Å². The lowest BCUT2D eigenvalue weighted by atomic mass is 10.2. The number of aryl methyl sites for hydroxylation is 2. The van der Waals surface area contributed by atoms with E-state index in [1.165, 1.54) is 17.5 Å². The minimum absolute atomic E-state index is 0.0512. The Morgan fingerprint density at radius 3 is 2.19 bits per heavy atom. The molecule has 2 aromatic heterocycles. The maximum absolute atomic E-state index is 12.9. The lowest BCUT2D eigenvalue weighted by molar-refractivity contribution is -0.121. The summed E-state index contributed by atoms with van der Waals surface area (Å²) in [6.07, 6.45) is 30.0. The molecule has 0 unspecified atom stereocenters. The second-order valence-electron chi connectivity index (χ2n) is 14.8. The molecular weight excluding hydrogens is 836 g/mol. The van der Waals surface area contributed by atoms with Crippen LogP contribution in [0.25, 0.3) is 0 Å². The zero-order chi connectivity index (χ0) is 44.9. The van der Waals surface area contributed by atoms with Crippen LogP contribution in [0.2, 0.25) is 5.02 Å². The second kappa shape index (κ2) is 29.9. The number of anilines is 4. The van der Waals surface area contributed by atoms with Crippen molar-refractivity contribution in [1.82, 2.24) is 35.8 Å². The number of para-hydroxylation sites is 1. The zero-order valence-electron chi connectivity index (χ0n) is 37.0. The number of unbranched alkanes of at least 4 members (excludes halogenated alkanes) is 1. The molecule has 16 heteroatoms. The minimum atomic E-state index is -0.448. The van der Waals surface area contributed by atoms with Crippen molar-refractivity contribution in [3.05, 3.63) is 113 Å². The summed E-state index contributed by atoms with van der Waals surface area (Å²) < 4.78 is 5.40. The van der Waals surface area contributed by atoms with Gasteiger partial charge in [-0.15, -0.1) is 0 Å². The summed E-state index contributed by atoms with van der Waals surface area (Å²) in [6.45, 7) is 12.0. The molecule has 1 fully saturated rings. The number of nitrogens with zero attached hydrogens (tertiary/aromatic N) is 5. The standard InChI is InChI=1S/C47H65ClN10O4S/c1-4-5-6-7-8-9-10-11-12-13-14-15-16-17-18-19-20-24-43(59)50-27-25-49-26-28-51-47(61)62-34-33-57-29-31-58(32-30-57)42-35-41(53-38(3)54-42)55-46-52-36-40(63-46)45(60)56-44-37(2)22-21-23-39(44)48/h5-6,8-9,11-12,14-15,17-18,21-23,35-36,49H,4,7,10,13,16,19-20,24-34H2,1-3H3,(H,50,59)(H,51,61)(H,56,60)(H,52,53,54,55)/b6-5-,9-8-,12-11-,15-14-,18-17-. The van der Waals surface area contributed by atoms with Gasteiger partial charge in [0.1, 0.15) is 28.9 Å². The molecule has 14 nitrogen and oxygen atoms in total. The molecule has 0 aliphatic carbocycles. The fourth-order valence-electron chi connectivity index (χ4n) is 6.31. The van der Waals surface area contributed by atoms with Crippen LogP contribution >= 0.6 is 22.9 Å². The van der Waals surface area contributed by atoms with Gasteiger partial charge in [0.05, 0.1) is 16.9 Å². The van der Waals surface area contributed by atoms with Crippen molar-refractivity contribution in [3.63, 3.8) is 0 Å². The van der Waals surface area contributed by atoms with Gasteiger partial charge in [-0.3, -0.25) is 14.5 Å². The summed E-state index contributed by atoms with van der Waals surface area (Å²) in [5.41, 5.74) is 1.45. The number of ether oxygens (including phenoxy) is 1. The van der Waals surface area contributed by atoms with Gasteiger partial charge in [-0.05, 0) is 70.4 Å². The summed E-state index contributed by atoms with van der Waals surface area (Å²) in [5.74, 6) is 1.76. The summed E-state index contributed by atoms with van der Waals surface area (Å²) >= 11 is 7.51. The van der Waals surface area contributed by atoms with Crippen LogP contribution in [0, 0.1) is 13.8 Å². The summed E-state index contributed by atoms with van der Waals surface area (Å²) in [6, 6.07) is 7.34. The number of allylic oxidation sites excluding steroid dienone is 10. The molecule has 4 rings (SSSR count). The molecule has 0 radical (unpaired) electrons. The van der Waals surface area contributed by atoms with Gasteiger partial charge in [-0.2, -0.15) is 0 Å². The van der Waals surface area contributed by atoms with Gasteiger partial charge in [-0.25, -0.2) is 19.7 Å². The number of halogens is 1. The molecule has 0 atom stereocenters. The van der Waals surface area contributed by atoms with E-state index < -0.39 is 6.09 Å². The average Bonchev–Trinajstić information content (AvgIpc) is 3.74. The van der Waals surface area contributed by atoms with Crippen molar-refractivity contribution in [1.29, 1.82) is 0 Å². The van der Waals surface area contributed by atoms with Crippen molar-refractivity contribution in [2.45, 2.75) is 72.1 Å². The van der Waals surface area contributed by atoms with Gasteiger partial charge in [0, 0.05) is 71.4 Å². The van der Waals surface area contributed by atoms with Gasteiger partial charge in [0.25, 0.3) is 5.91 Å². The van der Waals surface area contributed by atoms with E-state index in [2.05, 4.69) is 119 Å². The molecule has 1 saturated heterocycles. The topological polar surface area (TPSA) is 166 Å². The summed E-state index contributed by atoms with van der Waals surface area (Å²) in [4.78, 5) is 55.7. The summed E-state index contributed by atoms with van der Waals surface area (Å²) in [5, 5.41) is 16.0. The van der Waals surface area contributed by atoms with Crippen LogP contribution in [-0.4, -0.2) is 103 Å². The highest BCUT2D eigenvalue weighted by Crippen LogP contribution is 2.28. The molecular formula is C47H65ClN10O4S. The van der Waals surface area contributed by atoms with E-state index in [0.29, 0.717) is 78.1 Å². The van der Waals surface area contributed by atoms with Crippen molar-refractivity contribution >= 4 is 63.3 Å². The first-order valence-corrected chi connectivity index (χ1v) is 23.2. The Hall–Kier alpha value is -5.35. The van der Waals surface area contributed by atoms with E-state index in [1.54, 1.807) is 6.07 Å². The first-order chi connectivity index (χ1) is 30.7. The number of thiazole rings is 1. The van der Waals surface area contributed by atoms with Crippen LogP contribution in [0.1, 0.15) is 79.3 Å². The number of amides is 3. The quantitative estimate of drug-likeness (QED) is 0.0367. The SMILES string of the molecule is CC/C=C\C/C=C\C/C=C\C/C=C\C/C=C\CCCC(=O)NCCNCCNC(=O)OCCN1CCN(c2cc(Nc3ncc(C(=O)Nc4c(C)cccc4Cl)s3)nc(C)n2)CC1. The molecule has 0 spiro atoms. The van der Waals surface area contributed by atoms with E-state index in [1.807, 2.05) is 32.0 Å². The van der Waals surface area contributed by atoms with Crippen LogP contribution in [-0.2, 0) is 9.53 Å². The van der Waals surface area contributed by atoms with Crippen molar-refractivity contribution in [2.75, 3.05) is 81.0 Å². The number of alkyl carbamates (subject to hydrolysis) is 1. The number of hydrogen-bond donors (Lipinski definition) is 5. The van der Waals surface area contributed by atoms with Crippen LogP contribution < -0.4 is 31.5 Å². The van der Waals surface area contributed by atoms with E-state index in [-0.39, 0.29) is 11.8 Å². The maximum Gasteiger partial charge on any atom is 0.407 e. The molecule has 3 heterocycles. The van der Waals surface area contributed by atoms with E-state index in [0.717, 1.165) is 82.5 Å². The number of carbonyl (C=O) groups is 3. The fourth-order valence-corrected chi connectivity index (χ4v) is 7.30. The van der Waals surface area contributed by atoms with E-state index >= 15 is 0 Å². The third kappa shape index (κ3) is 20.6.